The third-order valence-electron chi connectivity index (χ3n) is 3.56. The Labute approximate surface area is 121 Å². The van der Waals surface area contributed by atoms with Gasteiger partial charge in [0.1, 0.15) is 0 Å². The highest BCUT2D eigenvalue weighted by Crippen LogP contribution is 2.25. The summed E-state index contributed by atoms with van der Waals surface area (Å²) in [5.41, 5.74) is 1.88. The smallest absolute Gasteiger partial charge is 0.321 e. The molecule has 2 unspecified atom stereocenters. The molecule has 4 nitrogen and oxygen atoms in total. The van der Waals surface area contributed by atoms with Crippen molar-refractivity contribution in [1.29, 1.82) is 0 Å². The lowest BCUT2D eigenvalue weighted by molar-refractivity contribution is 0.130. The van der Waals surface area contributed by atoms with E-state index >= 15 is 0 Å². The van der Waals surface area contributed by atoms with Crippen LogP contribution in [0.1, 0.15) is 18.9 Å². The predicted octanol–water partition coefficient (Wildman–Crippen LogP) is 2.99. The summed E-state index contributed by atoms with van der Waals surface area (Å²) >= 11 is 3.43. The molecule has 5 heteroatoms. The molecule has 0 saturated carbocycles. The molecule has 0 radical (unpaired) electrons. The standard InChI is InChI=1S/C14H19BrN2O2/c1-9-3-4-12(15)13(7-9)16-14(19)17-6-5-11(8-17)10(2)18/h3-4,7,10-11,18H,5-6,8H2,1-2H3,(H,16,19). The van der Waals surface area contributed by atoms with Gasteiger partial charge in [0.2, 0.25) is 0 Å². The van der Waals surface area contributed by atoms with E-state index in [-0.39, 0.29) is 18.1 Å². The van der Waals surface area contributed by atoms with Crippen molar-refractivity contribution in [2.45, 2.75) is 26.4 Å². The molecular weight excluding hydrogens is 308 g/mol. The van der Waals surface area contributed by atoms with Crippen LogP contribution in [0, 0.1) is 12.8 Å². The van der Waals surface area contributed by atoms with Crippen molar-refractivity contribution < 1.29 is 9.90 Å². The summed E-state index contributed by atoms with van der Waals surface area (Å²) in [6.07, 6.45) is 0.503. The van der Waals surface area contributed by atoms with Gasteiger partial charge in [-0.05, 0) is 53.9 Å². The Morgan fingerprint density at radius 2 is 2.32 bits per heavy atom. The molecule has 1 aromatic carbocycles. The normalized spacial score (nSPS) is 20.4. The molecule has 2 atom stereocenters. The molecule has 1 fully saturated rings. The van der Waals surface area contributed by atoms with Crippen molar-refractivity contribution in [3.8, 4) is 0 Å². The van der Waals surface area contributed by atoms with E-state index < -0.39 is 0 Å². The third kappa shape index (κ3) is 3.48. The molecule has 19 heavy (non-hydrogen) atoms. The lowest BCUT2D eigenvalue weighted by Crippen LogP contribution is -2.34. The van der Waals surface area contributed by atoms with Gasteiger partial charge in [0.25, 0.3) is 0 Å². The monoisotopic (exact) mass is 326 g/mol. The molecule has 0 spiro atoms. The third-order valence-corrected chi connectivity index (χ3v) is 4.25. The lowest BCUT2D eigenvalue weighted by atomic mass is 10.0. The number of nitrogens with one attached hydrogen (secondary N) is 1. The summed E-state index contributed by atoms with van der Waals surface area (Å²) in [5, 5.41) is 12.5. The first-order valence-electron chi connectivity index (χ1n) is 6.47. The molecule has 2 amide bonds. The Hall–Kier alpha value is -1.07. The van der Waals surface area contributed by atoms with Crippen LogP contribution < -0.4 is 5.32 Å². The first-order chi connectivity index (χ1) is 8.97. The summed E-state index contributed by atoms with van der Waals surface area (Å²) in [7, 11) is 0. The van der Waals surface area contributed by atoms with Crippen LogP contribution in [0.4, 0.5) is 10.5 Å². The number of anilines is 1. The average molecular weight is 327 g/mol. The second-order valence-corrected chi connectivity index (χ2v) is 6.00. The van der Waals surface area contributed by atoms with Gasteiger partial charge in [-0.15, -0.1) is 0 Å². The summed E-state index contributed by atoms with van der Waals surface area (Å²) in [5.74, 6) is 0.187. The maximum Gasteiger partial charge on any atom is 0.321 e. The summed E-state index contributed by atoms with van der Waals surface area (Å²) < 4.78 is 0.873. The van der Waals surface area contributed by atoms with Crippen molar-refractivity contribution in [3.05, 3.63) is 28.2 Å². The summed E-state index contributed by atoms with van der Waals surface area (Å²) in [6.45, 7) is 5.09. The minimum absolute atomic E-state index is 0.102. The largest absolute Gasteiger partial charge is 0.393 e. The van der Waals surface area contributed by atoms with E-state index in [2.05, 4.69) is 21.2 Å². The van der Waals surface area contributed by atoms with Crippen LogP contribution in [0.15, 0.2) is 22.7 Å². The van der Waals surface area contributed by atoms with Gasteiger partial charge in [-0.25, -0.2) is 4.79 Å². The number of carbonyl (C=O) groups excluding carboxylic acids is 1. The zero-order valence-electron chi connectivity index (χ0n) is 11.2. The number of aliphatic hydroxyl groups is 1. The van der Waals surface area contributed by atoms with Gasteiger partial charge in [-0.2, -0.15) is 0 Å². The number of rotatable bonds is 2. The summed E-state index contributed by atoms with van der Waals surface area (Å²) in [4.78, 5) is 13.9. The van der Waals surface area contributed by atoms with Gasteiger partial charge in [0.15, 0.2) is 0 Å². The lowest BCUT2D eigenvalue weighted by Gasteiger charge is -2.19. The maximum atomic E-state index is 12.2. The van der Waals surface area contributed by atoms with Gasteiger partial charge in [0, 0.05) is 23.5 Å². The Morgan fingerprint density at radius 3 is 2.95 bits per heavy atom. The van der Waals surface area contributed by atoms with Gasteiger partial charge >= 0.3 is 6.03 Å². The highest BCUT2D eigenvalue weighted by molar-refractivity contribution is 9.10. The van der Waals surface area contributed by atoms with Gasteiger partial charge in [0.05, 0.1) is 11.8 Å². The quantitative estimate of drug-likeness (QED) is 0.877. The number of amides is 2. The first-order valence-corrected chi connectivity index (χ1v) is 7.27. The van der Waals surface area contributed by atoms with E-state index in [1.807, 2.05) is 25.1 Å². The van der Waals surface area contributed by atoms with Crippen molar-refractivity contribution >= 4 is 27.6 Å². The van der Waals surface area contributed by atoms with E-state index in [0.29, 0.717) is 13.1 Å². The minimum atomic E-state index is -0.358. The number of aliphatic hydroxyl groups excluding tert-OH is 1. The van der Waals surface area contributed by atoms with E-state index in [1.54, 1.807) is 11.8 Å². The Bertz CT molecular complexity index is 477. The fraction of sp³-hybridized carbons (Fsp3) is 0.500. The van der Waals surface area contributed by atoms with E-state index in [0.717, 1.165) is 22.1 Å². The van der Waals surface area contributed by atoms with Crippen LogP contribution in [-0.4, -0.2) is 35.2 Å². The molecule has 0 aromatic heterocycles. The second-order valence-electron chi connectivity index (χ2n) is 5.15. The van der Waals surface area contributed by atoms with Crippen LogP contribution >= 0.6 is 15.9 Å². The molecular formula is C14H19BrN2O2. The second kappa shape index (κ2) is 5.92. The van der Waals surface area contributed by atoms with Crippen LogP contribution in [0.2, 0.25) is 0 Å². The molecule has 1 aliphatic rings. The molecule has 2 N–H and O–H groups in total. The number of nitrogens with zero attached hydrogens (tertiary/aromatic N) is 1. The highest BCUT2D eigenvalue weighted by Gasteiger charge is 2.29. The van der Waals surface area contributed by atoms with Crippen LogP contribution in [-0.2, 0) is 0 Å². The number of carbonyl (C=O) groups is 1. The number of likely N-dealkylation sites (tertiary alicyclic amines) is 1. The van der Waals surface area contributed by atoms with Gasteiger partial charge in [-0.3, -0.25) is 0 Å². The molecule has 1 saturated heterocycles. The van der Waals surface area contributed by atoms with Crippen molar-refractivity contribution in [2.75, 3.05) is 18.4 Å². The number of hydrogen-bond acceptors (Lipinski definition) is 2. The molecule has 104 valence electrons. The van der Waals surface area contributed by atoms with Gasteiger partial charge < -0.3 is 15.3 Å². The van der Waals surface area contributed by atoms with Crippen LogP contribution in [0.25, 0.3) is 0 Å². The first kappa shape index (κ1) is 14.3. The Morgan fingerprint density at radius 1 is 1.58 bits per heavy atom. The molecule has 0 bridgehead atoms. The number of halogens is 1. The maximum absolute atomic E-state index is 12.2. The van der Waals surface area contributed by atoms with Crippen molar-refractivity contribution in [3.63, 3.8) is 0 Å². The SMILES string of the molecule is Cc1ccc(Br)c(NC(=O)N2CCC(C(C)O)C2)c1. The topological polar surface area (TPSA) is 52.6 Å². The van der Waals surface area contributed by atoms with E-state index in [4.69, 9.17) is 0 Å². The molecule has 0 aliphatic carbocycles. The fourth-order valence-electron chi connectivity index (χ4n) is 2.29. The molecule has 1 heterocycles. The van der Waals surface area contributed by atoms with Crippen LogP contribution in [0.3, 0.4) is 0 Å². The molecule has 1 aromatic rings. The Kier molecular flexibility index (Phi) is 4.47. The zero-order valence-corrected chi connectivity index (χ0v) is 12.8. The average Bonchev–Trinajstić information content (AvgIpc) is 2.83. The number of hydrogen-bond donors (Lipinski definition) is 2. The number of aryl methyl sites for hydroxylation is 1. The summed E-state index contributed by atoms with van der Waals surface area (Å²) in [6, 6.07) is 5.74. The zero-order chi connectivity index (χ0) is 14.0. The molecule has 2 rings (SSSR count). The van der Waals surface area contributed by atoms with Crippen LogP contribution in [0.5, 0.6) is 0 Å². The van der Waals surface area contributed by atoms with E-state index in [1.165, 1.54) is 0 Å². The van der Waals surface area contributed by atoms with E-state index in [9.17, 15) is 9.90 Å². The highest BCUT2D eigenvalue weighted by atomic mass is 79.9. The Balaban J connectivity index is 2.00. The van der Waals surface area contributed by atoms with Gasteiger partial charge in [-0.1, -0.05) is 6.07 Å². The molecule has 1 aliphatic heterocycles. The van der Waals surface area contributed by atoms with Crippen molar-refractivity contribution in [1.82, 2.24) is 4.90 Å². The number of urea groups is 1. The predicted molar refractivity (Wildman–Crippen MR) is 79.3 cm³/mol. The van der Waals surface area contributed by atoms with Crippen molar-refractivity contribution in [2.24, 2.45) is 5.92 Å². The minimum Gasteiger partial charge on any atom is -0.393 e. The fourth-order valence-corrected chi connectivity index (χ4v) is 2.64. The number of benzene rings is 1.